The fraction of sp³-hybridized carbons (Fsp3) is 0.538. The molecule has 0 N–H and O–H groups in total. The molecule has 0 bridgehead atoms. The van der Waals surface area contributed by atoms with Crippen molar-refractivity contribution in [3.63, 3.8) is 0 Å². The van der Waals surface area contributed by atoms with Crippen LogP contribution in [0.25, 0.3) is 0 Å². The molecule has 0 atom stereocenters. The SMILES string of the molecule is CS(=O)(=O)N1CCCN(Cc2ccccc2Cl)CC1. The lowest BCUT2D eigenvalue weighted by Crippen LogP contribution is -2.34. The molecule has 0 spiro atoms. The first-order chi connectivity index (χ1) is 8.97. The van der Waals surface area contributed by atoms with Crippen LogP contribution in [-0.4, -0.2) is 50.1 Å². The Bertz CT molecular complexity index is 533. The quantitative estimate of drug-likeness (QED) is 0.855. The third-order valence-corrected chi connectivity index (χ3v) is 5.04. The van der Waals surface area contributed by atoms with E-state index >= 15 is 0 Å². The smallest absolute Gasteiger partial charge is 0.211 e. The van der Waals surface area contributed by atoms with Crippen LogP contribution >= 0.6 is 11.6 Å². The summed E-state index contributed by atoms with van der Waals surface area (Å²) in [4.78, 5) is 2.26. The van der Waals surface area contributed by atoms with Crippen molar-refractivity contribution in [2.75, 3.05) is 32.4 Å². The average molecular weight is 303 g/mol. The highest BCUT2D eigenvalue weighted by molar-refractivity contribution is 7.88. The number of rotatable bonds is 3. The molecule has 0 radical (unpaired) electrons. The maximum atomic E-state index is 11.5. The van der Waals surface area contributed by atoms with Crippen molar-refractivity contribution in [1.82, 2.24) is 9.21 Å². The average Bonchev–Trinajstić information content (AvgIpc) is 2.57. The van der Waals surface area contributed by atoms with Gasteiger partial charge in [0.05, 0.1) is 6.26 Å². The van der Waals surface area contributed by atoms with Gasteiger partial charge in [-0.15, -0.1) is 0 Å². The van der Waals surface area contributed by atoms with E-state index in [4.69, 9.17) is 11.6 Å². The van der Waals surface area contributed by atoms with Crippen molar-refractivity contribution in [1.29, 1.82) is 0 Å². The molecule has 1 saturated heterocycles. The summed E-state index contributed by atoms with van der Waals surface area (Å²) in [5.74, 6) is 0. The first-order valence-corrected chi connectivity index (χ1v) is 8.60. The van der Waals surface area contributed by atoms with E-state index in [2.05, 4.69) is 4.90 Å². The van der Waals surface area contributed by atoms with Gasteiger partial charge in [-0.1, -0.05) is 29.8 Å². The Hall–Kier alpha value is -0.620. The van der Waals surface area contributed by atoms with Crippen LogP contribution in [-0.2, 0) is 16.6 Å². The van der Waals surface area contributed by atoms with E-state index in [1.165, 1.54) is 6.26 Å². The number of hydrogen-bond acceptors (Lipinski definition) is 3. The predicted octanol–water partition coefficient (Wildman–Crippen LogP) is 1.81. The molecule has 1 heterocycles. The molecule has 1 aromatic carbocycles. The van der Waals surface area contributed by atoms with Crippen LogP contribution in [0.3, 0.4) is 0 Å². The Morgan fingerprint density at radius 3 is 2.58 bits per heavy atom. The Morgan fingerprint density at radius 2 is 1.89 bits per heavy atom. The Labute approximate surface area is 120 Å². The minimum absolute atomic E-state index is 0.559. The molecule has 0 aliphatic carbocycles. The van der Waals surface area contributed by atoms with Crippen LogP contribution < -0.4 is 0 Å². The number of benzene rings is 1. The zero-order valence-corrected chi connectivity index (χ0v) is 12.6. The molecule has 19 heavy (non-hydrogen) atoms. The molecule has 106 valence electrons. The summed E-state index contributed by atoms with van der Waals surface area (Å²) in [5.41, 5.74) is 1.09. The largest absolute Gasteiger partial charge is 0.298 e. The van der Waals surface area contributed by atoms with Crippen LogP contribution in [0.15, 0.2) is 24.3 Å². The second kappa shape index (κ2) is 6.22. The fourth-order valence-corrected chi connectivity index (χ4v) is 3.37. The van der Waals surface area contributed by atoms with Gasteiger partial charge in [-0.05, 0) is 24.6 Å². The second-order valence-corrected chi connectivity index (χ2v) is 7.27. The van der Waals surface area contributed by atoms with Gasteiger partial charge in [0.1, 0.15) is 0 Å². The zero-order chi connectivity index (χ0) is 13.9. The van der Waals surface area contributed by atoms with Gasteiger partial charge in [0.2, 0.25) is 10.0 Å². The highest BCUT2D eigenvalue weighted by Crippen LogP contribution is 2.18. The van der Waals surface area contributed by atoms with Crippen molar-refractivity contribution >= 4 is 21.6 Å². The van der Waals surface area contributed by atoms with Crippen molar-refractivity contribution < 1.29 is 8.42 Å². The monoisotopic (exact) mass is 302 g/mol. The van der Waals surface area contributed by atoms with Gasteiger partial charge in [0, 0.05) is 31.2 Å². The first kappa shape index (κ1) is 14.8. The molecule has 0 saturated carbocycles. The van der Waals surface area contributed by atoms with Gasteiger partial charge in [-0.3, -0.25) is 4.90 Å². The lowest BCUT2D eigenvalue weighted by Gasteiger charge is -2.21. The second-order valence-electron chi connectivity index (χ2n) is 4.88. The fourth-order valence-electron chi connectivity index (χ4n) is 2.30. The summed E-state index contributed by atoms with van der Waals surface area (Å²) in [6.07, 6.45) is 2.13. The van der Waals surface area contributed by atoms with Crippen molar-refractivity contribution in [2.24, 2.45) is 0 Å². The number of sulfonamides is 1. The molecule has 0 unspecified atom stereocenters. The van der Waals surface area contributed by atoms with E-state index in [0.29, 0.717) is 13.1 Å². The molecule has 0 aromatic heterocycles. The molecule has 1 aliphatic heterocycles. The molecule has 2 rings (SSSR count). The Balaban J connectivity index is 1.99. The first-order valence-electron chi connectivity index (χ1n) is 6.38. The molecule has 1 fully saturated rings. The van der Waals surface area contributed by atoms with Crippen LogP contribution in [0.4, 0.5) is 0 Å². The zero-order valence-electron chi connectivity index (χ0n) is 11.0. The van der Waals surface area contributed by atoms with E-state index in [1.807, 2.05) is 24.3 Å². The minimum Gasteiger partial charge on any atom is -0.298 e. The lowest BCUT2D eigenvalue weighted by atomic mass is 10.2. The molecule has 6 heteroatoms. The summed E-state index contributed by atoms with van der Waals surface area (Å²) in [6.45, 7) is 3.59. The molecule has 0 amide bonds. The number of nitrogens with zero attached hydrogens (tertiary/aromatic N) is 2. The summed E-state index contributed by atoms with van der Waals surface area (Å²) in [6, 6.07) is 7.79. The molecule has 1 aliphatic rings. The molecule has 1 aromatic rings. The summed E-state index contributed by atoms with van der Waals surface area (Å²) in [7, 11) is -3.07. The van der Waals surface area contributed by atoms with E-state index in [9.17, 15) is 8.42 Å². The van der Waals surface area contributed by atoms with Crippen LogP contribution in [0.2, 0.25) is 5.02 Å². The van der Waals surface area contributed by atoms with E-state index < -0.39 is 10.0 Å². The summed E-state index contributed by atoms with van der Waals surface area (Å²) >= 11 is 6.15. The van der Waals surface area contributed by atoms with Crippen LogP contribution in [0.1, 0.15) is 12.0 Å². The van der Waals surface area contributed by atoms with Gasteiger partial charge in [0.25, 0.3) is 0 Å². The maximum absolute atomic E-state index is 11.5. The highest BCUT2D eigenvalue weighted by Gasteiger charge is 2.21. The maximum Gasteiger partial charge on any atom is 0.211 e. The highest BCUT2D eigenvalue weighted by atomic mass is 35.5. The molecule has 4 nitrogen and oxygen atoms in total. The normalized spacial score (nSPS) is 19.3. The lowest BCUT2D eigenvalue weighted by molar-refractivity contribution is 0.279. The van der Waals surface area contributed by atoms with Crippen molar-refractivity contribution in [2.45, 2.75) is 13.0 Å². The Morgan fingerprint density at radius 1 is 1.16 bits per heavy atom. The Kier molecular flexibility index (Phi) is 4.84. The van der Waals surface area contributed by atoms with Crippen LogP contribution in [0.5, 0.6) is 0 Å². The summed E-state index contributed by atoms with van der Waals surface area (Å²) < 4.78 is 24.6. The summed E-state index contributed by atoms with van der Waals surface area (Å²) in [5, 5.41) is 0.770. The van der Waals surface area contributed by atoms with Crippen molar-refractivity contribution in [3.8, 4) is 0 Å². The van der Waals surface area contributed by atoms with Gasteiger partial charge in [0.15, 0.2) is 0 Å². The number of hydrogen-bond donors (Lipinski definition) is 0. The van der Waals surface area contributed by atoms with E-state index in [-0.39, 0.29) is 0 Å². The molecular weight excluding hydrogens is 284 g/mol. The van der Waals surface area contributed by atoms with Gasteiger partial charge in [-0.25, -0.2) is 12.7 Å². The van der Waals surface area contributed by atoms with Crippen LogP contribution in [0, 0.1) is 0 Å². The van der Waals surface area contributed by atoms with E-state index in [1.54, 1.807) is 4.31 Å². The van der Waals surface area contributed by atoms with Gasteiger partial charge in [-0.2, -0.15) is 0 Å². The van der Waals surface area contributed by atoms with E-state index in [0.717, 1.165) is 36.6 Å². The number of halogens is 1. The van der Waals surface area contributed by atoms with Gasteiger partial charge < -0.3 is 0 Å². The third-order valence-electron chi connectivity index (χ3n) is 3.37. The standard InChI is InChI=1S/C13H19ClN2O2S/c1-19(17,18)16-8-4-7-15(9-10-16)11-12-5-2-3-6-13(12)14/h2-3,5-6H,4,7-11H2,1H3. The van der Waals surface area contributed by atoms with Gasteiger partial charge >= 0.3 is 0 Å². The predicted molar refractivity (Wildman–Crippen MR) is 77.8 cm³/mol. The minimum atomic E-state index is -3.07. The third kappa shape index (κ3) is 4.18. The topological polar surface area (TPSA) is 40.6 Å². The van der Waals surface area contributed by atoms with Crippen molar-refractivity contribution in [3.05, 3.63) is 34.9 Å². The molecular formula is C13H19ClN2O2S.